The lowest BCUT2D eigenvalue weighted by Crippen LogP contribution is -2.31. The van der Waals surface area contributed by atoms with Gasteiger partial charge in [0.2, 0.25) is 0 Å². The average molecular weight is 285 g/mol. The Bertz CT molecular complexity index is 417. The van der Waals surface area contributed by atoms with Gasteiger partial charge >= 0.3 is 0 Å². The summed E-state index contributed by atoms with van der Waals surface area (Å²) in [5.74, 6) is 0.587. The Morgan fingerprint density at radius 3 is 3.05 bits per heavy atom. The predicted molar refractivity (Wildman–Crippen MR) is 78.1 cm³/mol. The van der Waals surface area contributed by atoms with Crippen molar-refractivity contribution in [3.8, 4) is 0 Å². The Balaban J connectivity index is 1.74. The normalized spacial score (nSPS) is 19.6. The maximum Gasteiger partial charge on any atom is 0.126 e. The zero-order valence-electron chi connectivity index (χ0n) is 11.4. The van der Waals surface area contributed by atoms with Gasteiger partial charge in [0, 0.05) is 11.6 Å². The van der Waals surface area contributed by atoms with Gasteiger partial charge in [-0.05, 0) is 75.0 Å². The molecule has 0 amide bonds. The van der Waals surface area contributed by atoms with Crippen LogP contribution in [0.25, 0.3) is 0 Å². The second-order valence-corrected chi connectivity index (χ2v) is 5.78. The van der Waals surface area contributed by atoms with E-state index in [1.807, 2.05) is 0 Å². The summed E-state index contributed by atoms with van der Waals surface area (Å²) in [5.41, 5.74) is 1.44. The van der Waals surface area contributed by atoms with Crippen molar-refractivity contribution in [2.75, 3.05) is 19.6 Å². The fraction of sp³-hybridized carbons (Fsp3) is 0.600. The van der Waals surface area contributed by atoms with Crippen LogP contribution in [0.5, 0.6) is 0 Å². The van der Waals surface area contributed by atoms with Crippen molar-refractivity contribution in [2.45, 2.75) is 32.7 Å². The Hall–Kier alpha value is -0.640. The molecule has 1 saturated heterocycles. The van der Waals surface area contributed by atoms with Gasteiger partial charge < -0.3 is 10.6 Å². The van der Waals surface area contributed by atoms with Crippen LogP contribution in [0.3, 0.4) is 0 Å². The monoisotopic (exact) mass is 284 g/mol. The molecule has 1 unspecified atom stereocenters. The Labute approximate surface area is 119 Å². The van der Waals surface area contributed by atoms with Crippen molar-refractivity contribution in [1.29, 1.82) is 0 Å². The second kappa shape index (κ2) is 7.22. The van der Waals surface area contributed by atoms with E-state index in [1.165, 1.54) is 25.3 Å². The van der Waals surface area contributed by atoms with Gasteiger partial charge in [-0.25, -0.2) is 4.39 Å². The van der Waals surface area contributed by atoms with E-state index < -0.39 is 0 Å². The van der Waals surface area contributed by atoms with E-state index in [9.17, 15) is 4.39 Å². The molecule has 19 heavy (non-hydrogen) atoms. The number of hydrogen-bond donors (Lipinski definition) is 2. The van der Waals surface area contributed by atoms with Crippen molar-refractivity contribution in [3.63, 3.8) is 0 Å². The Morgan fingerprint density at radius 2 is 2.32 bits per heavy atom. The first-order chi connectivity index (χ1) is 9.16. The summed E-state index contributed by atoms with van der Waals surface area (Å²) in [7, 11) is 0. The molecular formula is C15H22ClFN2. The highest BCUT2D eigenvalue weighted by Gasteiger charge is 2.12. The molecule has 0 bridgehead atoms. The van der Waals surface area contributed by atoms with E-state index in [4.69, 9.17) is 11.6 Å². The summed E-state index contributed by atoms with van der Waals surface area (Å²) in [6.45, 7) is 5.60. The zero-order valence-corrected chi connectivity index (χ0v) is 12.2. The van der Waals surface area contributed by atoms with Gasteiger partial charge in [-0.3, -0.25) is 0 Å². The topological polar surface area (TPSA) is 24.1 Å². The third kappa shape index (κ3) is 4.44. The van der Waals surface area contributed by atoms with Gasteiger partial charge in [0.1, 0.15) is 5.82 Å². The summed E-state index contributed by atoms with van der Waals surface area (Å²) in [6.07, 6.45) is 3.76. The largest absolute Gasteiger partial charge is 0.316 e. The van der Waals surface area contributed by atoms with Crippen LogP contribution >= 0.6 is 11.6 Å². The third-order valence-corrected chi connectivity index (χ3v) is 4.12. The van der Waals surface area contributed by atoms with Crippen LogP contribution < -0.4 is 10.6 Å². The molecule has 0 aliphatic carbocycles. The van der Waals surface area contributed by atoms with Crippen molar-refractivity contribution in [1.82, 2.24) is 10.6 Å². The van der Waals surface area contributed by atoms with E-state index in [-0.39, 0.29) is 5.82 Å². The van der Waals surface area contributed by atoms with E-state index >= 15 is 0 Å². The molecule has 1 heterocycles. The number of hydrogen-bond acceptors (Lipinski definition) is 2. The number of piperidine rings is 1. The molecule has 0 saturated carbocycles. The predicted octanol–water partition coefficient (Wildman–Crippen LogP) is 3.27. The number of aryl methyl sites for hydroxylation is 1. The molecular weight excluding hydrogens is 263 g/mol. The van der Waals surface area contributed by atoms with Crippen molar-refractivity contribution < 1.29 is 4.39 Å². The fourth-order valence-electron chi connectivity index (χ4n) is 2.52. The van der Waals surface area contributed by atoms with Crippen molar-refractivity contribution in [3.05, 3.63) is 34.1 Å². The first-order valence-corrected chi connectivity index (χ1v) is 7.40. The van der Waals surface area contributed by atoms with Crippen LogP contribution in [-0.4, -0.2) is 19.6 Å². The molecule has 1 aromatic carbocycles. The highest BCUT2D eigenvalue weighted by molar-refractivity contribution is 6.31. The summed E-state index contributed by atoms with van der Waals surface area (Å²) in [4.78, 5) is 0. The zero-order chi connectivity index (χ0) is 13.7. The van der Waals surface area contributed by atoms with E-state index in [0.29, 0.717) is 17.1 Å². The lowest BCUT2D eigenvalue weighted by molar-refractivity contribution is 0.352. The van der Waals surface area contributed by atoms with Crippen molar-refractivity contribution in [2.24, 2.45) is 5.92 Å². The van der Waals surface area contributed by atoms with E-state index in [0.717, 1.165) is 31.1 Å². The highest BCUT2D eigenvalue weighted by atomic mass is 35.5. The van der Waals surface area contributed by atoms with Gasteiger partial charge in [-0.1, -0.05) is 11.6 Å². The fourth-order valence-corrected chi connectivity index (χ4v) is 2.81. The molecule has 1 aliphatic heterocycles. The Morgan fingerprint density at radius 1 is 1.47 bits per heavy atom. The van der Waals surface area contributed by atoms with Gasteiger partial charge in [0.15, 0.2) is 0 Å². The summed E-state index contributed by atoms with van der Waals surface area (Å²) in [6, 6.07) is 3.23. The van der Waals surface area contributed by atoms with E-state index in [1.54, 1.807) is 13.0 Å². The molecule has 0 radical (unpaired) electrons. The van der Waals surface area contributed by atoms with Gasteiger partial charge in [-0.15, -0.1) is 0 Å². The van der Waals surface area contributed by atoms with Crippen LogP contribution in [0, 0.1) is 18.7 Å². The molecule has 2 rings (SSSR count). The molecule has 4 heteroatoms. The SMILES string of the molecule is Cc1cc(Cl)c(CNCCC2CCCNC2)cc1F. The second-order valence-electron chi connectivity index (χ2n) is 5.37. The standard InChI is InChI=1S/C15H22ClFN2/c1-11-7-14(16)13(8-15(11)17)10-19-6-4-12-3-2-5-18-9-12/h7-8,12,18-19H,2-6,9-10H2,1H3. The summed E-state index contributed by atoms with van der Waals surface area (Å²) >= 11 is 6.11. The van der Waals surface area contributed by atoms with Crippen LogP contribution in [0.1, 0.15) is 30.4 Å². The number of halogens is 2. The maximum atomic E-state index is 13.5. The van der Waals surface area contributed by atoms with Crippen LogP contribution in [-0.2, 0) is 6.54 Å². The molecule has 0 spiro atoms. The third-order valence-electron chi connectivity index (χ3n) is 3.77. The lowest BCUT2D eigenvalue weighted by Gasteiger charge is -2.22. The van der Waals surface area contributed by atoms with E-state index in [2.05, 4.69) is 10.6 Å². The molecule has 2 N–H and O–H groups in total. The van der Waals surface area contributed by atoms with Gasteiger partial charge in [0.05, 0.1) is 0 Å². The Kier molecular flexibility index (Phi) is 5.61. The minimum atomic E-state index is -0.183. The maximum absolute atomic E-state index is 13.5. The number of benzene rings is 1. The van der Waals surface area contributed by atoms with Crippen LogP contribution in [0.4, 0.5) is 4.39 Å². The molecule has 1 fully saturated rings. The smallest absolute Gasteiger partial charge is 0.126 e. The van der Waals surface area contributed by atoms with Crippen LogP contribution in [0.2, 0.25) is 5.02 Å². The van der Waals surface area contributed by atoms with Crippen molar-refractivity contribution >= 4 is 11.6 Å². The minimum Gasteiger partial charge on any atom is -0.316 e. The minimum absolute atomic E-state index is 0.183. The summed E-state index contributed by atoms with van der Waals surface area (Å²) < 4.78 is 13.5. The summed E-state index contributed by atoms with van der Waals surface area (Å²) in [5, 5.41) is 7.42. The quantitative estimate of drug-likeness (QED) is 0.811. The number of nitrogens with one attached hydrogen (secondary N) is 2. The lowest BCUT2D eigenvalue weighted by atomic mass is 9.96. The average Bonchev–Trinajstić information content (AvgIpc) is 2.41. The van der Waals surface area contributed by atoms with Gasteiger partial charge in [-0.2, -0.15) is 0 Å². The first kappa shape index (κ1) is 14.8. The molecule has 1 aromatic rings. The highest BCUT2D eigenvalue weighted by Crippen LogP contribution is 2.20. The first-order valence-electron chi connectivity index (χ1n) is 7.03. The molecule has 0 aromatic heterocycles. The molecule has 1 atom stereocenters. The van der Waals surface area contributed by atoms with Crippen LogP contribution in [0.15, 0.2) is 12.1 Å². The van der Waals surface area contributed by atoms with Gasteiger partial charge in [0.25, 0.3) is 0 Å². The molecule has 1 aliphatic rings. The molecule has 106 valence electrons. The number of rotatable bonds is 5. The molecule has 2 nitrogen and oxygen atoms in total.